The number of anilines is 2. The number of ketones is 1. The van der Waals surface area contributed by atoms with E-state index in [0.29, 0.717) is 22.4 Å². The van der Waals surface area contributed by atoms with Crippen LogP contribution in [0.1, 0.15) is 46.0 Å². The van der Waals surface area contributed by atoms with Crippen LogP contribution in [0.3, 0.4) is 0 Å². The summed E-state index contributed by atoms with van der Waals surface area (Å²) in [6, 6.07) is 14.2. The molecule has 5 rings (SSSR count). The maximum absolute atomic E-state index is 13.9. The van der Waals surface area contributed by atoms with E-state index in [1.165, 1.54) is 36.7 Å². The van der Waals surface area contributed by atoms with Crippen LogP contribution in [-0.2, 0) is 11.6 Å². The summed E-state index contributed by atoms with van der Waals surface area (Å²) in [7, 11) is 0. The molecule has 1 unspecified atom stereocenters. The molecule has 0 saturated heterocycles. The van der Waals surface area contributed by atoms with Gasteiger partial charge in [-0.05, 0) is 65.2 Å². The lowest BCUT2D eigenvalue weighted by molar-refractivity contribution is -0.137. The molecule has 0 fully saturated rings. The monoisotopic (exact) mass is 534 g/mol. The Morgan fingerprint density at radius 1 is 0.949 bits per heavy atom. The molecule has 4 aromatic rings. The van der Waals surface area contributed by atoms with E-state index in [9.17, 15) is 27.2 Å². The fraction of sp³-hybridized carbons (Fsp3) is 0.172. The molecule has 1 aliphatic rings. The van der Waals surface area contributed by atoms with E-state index >= 15 is 0 Å². The number of hydrogen-bond acceptors (Lipinski definition) is 5. The van der Waals surface area contributed by atoms with Crippen molar-refractivity contribution in [1.29, 1.82) is 0 Å². The van der Waals surface area contributed by atoms with Crippen LogP contribution in [0.4, 0.5) is 28.9 Å². The van der Waals surface area contributed by atoms with Gasteiger partial charge in [0.25, 0.3) is 5.91 Å². The fourth-order valence-electron chi connectivity index (χ4n) is 4.91. The molecule has 0 radical (unpaired) electrons. The lowest BCUT2D eigenvalue weighted by Gasteiger charge is -2.27. The van der Waals surface area contributed by atoms with Crippen LogP contribution >= 0.6 is 0 Å². The Balaban J connectivity index is 1.57. The maximum Gasteiger partial charge on any atom is 0.417 e. The summed E-state index contributed by atoms with van der Waals surface area (Å²) in [6.07, 6.45) is -1.84. The number of benzene rings is 3. The highest BCUT2D eigenvalue weighted by atomic mass is 19.4. The number of hydrogen-bond donors (Lipinski definition) is 2. The van der Waals surface area contributed by atoms with Gasteiger partial charge in [-0.3, -0.25) is 9.59 Å². The third kappa shape index (κ3) is 4.85. The van der Waals surface area contributed by atoms with Crippen molar-refractivity contribution in [2.45, 2.75) is 31.5 Å². The molecule has 3 aromatic carbocycles. The summed E-state index contributed by atoms with van der Waals surface area (Å²) in [5.74, 6) is -1.81. The highest BCUT2D eigenvalue weighted by Crippen LogP contribution is 2.47. The van der Waals surface area contributed by atoms with Crippen LogP contribution in [0.5, 0.6) is 0 Å². The number of carbonyl (C=O) groups is 2. The molecule has 2 heterocycles. The minimum Gasteiger partial charge on any atom is -0.374 e. The van der Waals surface area contributed by atoms with E-state index in [4.69, 9.17) is 0 Å². The third-order valence-corrected chi connectivity index (χ3v) is 6.76. The van der Waals surface area contributed by atoms with E-state index in [1.807, 2.05) is 13.8 Å². The zero-order chi connectivity index (χ0) is 27.9. The number of amides is 1. The first-order valence-electron chi connectivity index (χ1n) is 12.0. The van der Waals surface area contributed by atoms with Gasteiger partial charge in [-0.25, -0.2) is 14.4 Å². The van der Waals surface area contributed by atoms with Gasteiger partial charge in [0.05, 0.1) is 11.1 Å². The van der Waals surface area contributed by atoms with Gasteiger partial charge in [0.1, 0.15) is 11.9 Å². The number of aromatic nitrogens is 2. The van der Waals surface area contributed by atoms with Crippen molar-refractivity contribution in [3.8, 4) is 11.1 Å². The van der Waals surface area contributed by atoms with Crippen molar-refractivity contribution in [2.75, 3.05) is 10.6 Å². The molecule has 6 nitrogen and oxygen atoms in total. The molecule has 198 valence electrons. The van der Waals surface area contributed by atoms with Gasteiger partial charge in [-0.1, -0.05) is 32.0 Å². The zero-order valence-corrected chi connectivity index (χ0v) is 20.8. The Labute approximate surface area is 221 Å². The molecule has 0 aliphatic carbocycles. The number of nitrogens with one attached hydrogen (secondary N) is 2. The summed E-state index contributed by atoms with van der Waals surface area (Å²) < 4.78 is 54.9. The first-order chi connectivity index (χ1) is 18.5. The third-order valence-electron chi connectivity index (χ3n) is 6.76. The Morgan fingerprint density at radius 3 is 2.31 bits per heavy atom. The summed E-state index contributed by atoms with van der Waals surface area (Å²) in [4.78, 5) is 34.4. The summed E-state index contributed by atoms with van der Waals surface area (Å²) in [6.45, 7) is 3.71. The Kier molecular flexibility index (Phi) is 6.41. The molecule has 1 aromatic heterocycles. The second kappa shape index (κ2) is 9.61. The molecule has 39 heavy (non-hydrogen) atoms. The molecule has 0 bridgehead atoms. The standard InChI is InChI=1S/C29H22F4N4O2/c1-28(2)23-19(5-3-6-22(23)37-25(28)24(38)26-34-13-4-14-35-26)16-7-12-21(29(31,32)33)20(15-16)27(39)36-18-10-8-17(30)9-11-18/h3-15,25,37H,1-2H3,(H,36,39). The largest absolute Gasteiger partial charge is 0.417 e. The topological polar surface area (TPSA) is 84.0 Å². The molecule has 1 amide bonds. The van der Waals surface area contributed by atoms with E-state index in [-0.39, 0.29) is 17.3 Å². The molecule has 2 N–H and O–H groups in total. The van der Waals surface area contributed by atoms with Crippen LogP contribution in [-0.4, -0.2) is 27.7 Å². The van der Waals surface area contributed by atoms with Crippen LogP contribution in [0.25, 0.3) is 11.1 Å². The summed E-state index contributed by atoms with van der Waals surface area (Å²) >= 11 is 0. The predicted molar refractivity (Wildman–Crippen MR) is 138 cm³/mol. The van der Waals surface area contributed by atoms with Crippen LogP contribution in [0.15, 0.2) is 79.1 Å². The van der Waals surface area contributed by atoms with E-state index in [1.54, 1.807) is 24.3 Å². The minimum absolute atomic E-state index is 0.0479. The second-order valence-corrected chi connectivity index (χ2v) is 9.68. The average Bonchev–Trinajstić information content (AvgIpc) is 3.19. The highest BCUT2D eigenvalue weighted by Gasteiger charge is 2.46. The van der Waals surface area contributed by atoms with Gasteiger partial charge < -0.3 is 10.6 Å². The number of alkyl halides is 3. The first kappa shape index (κ1) is 26.0. The van der Waals surface area contributed by atoms with Crippen molar-refractivity contribution in [1.82, 2.24) is 9.97 Å². The van der Waals surface area contributed by atoms with E-state index < -0.39 is 40.5 Å². The lowest BCUT2D eigenvalue weighted by atomic mass is 9.75. The zero-order valence-electron chi connectivity index (χ0n) is 20.8. The van der Waals surface area contributed by atoms with Crippen molar-refractivity contribution in [3.63, 3.8) is 0 Å². The maximum atomic E-state index is 13.9. The average molecular weight is 535 g/mol. The van der Waals surface area contributed by atoms with Crippen molar-refractivity contribution < 1.29 is 27.2 Å². The van der Waals surface area contributed by atoms with E-state index in [0.717, 1.165) is 18.2 Å². The SMILES string of the molecule is CC1(C)c2c(cccc2-c2ccc(C(F)(F)F)c(C(=O)Nc3ccc(F)cc3)c2)NC1C(=O)c1ncccn1. The van der Waals surface area contributed by atoms with Gasteiger partial charge in [-0.15, -0.1) is 0 Å². The van der Waals surface area contributed by atoms with Gasteiger partial charge >= 0.3 is 6.18 Å². The summed E-state index contributed by atoms with van der Waals surface area (Å²) in [5, 5.41) is 5.63. The van der Waals surface area contributed by atoms with Gasteiger partial charge in [0, 0.05) is 29.2 Å². The van der Waals surface area contributed by atoms with Crippen LogP contribution in [0.2, 0.25) is 0 Å². The second-order valence-electron chi connectivity index (χ2n) is 9.68. The smallest absolute Gasteiger partial charge is 0.374 e. The molecule has 1 atom stereocenters. The highest BCUT2D eigenvalue weighted by molar-refractivity contribution is 6.06. The predicted octanol–water partition coefficient (Wildman–Crippen LogP) is 6.51. The number of fused-ring (bicyclic) bond motifs is 1. The van der Waals surface area contributed by atoms with Gasteiger partial charge in [-0.2, -0.15) is 13.2 Å². The van der Waals surface area contributed by atoms with Crippen LogP contribution in [0, 0.1) is 5.82 Å². The number of rotatable bonds is 5. The van der Waals surface area contributed by atoms with Crippen LogP contribution < -0.4 is 10.6 Å². The van der Waals surface area contributed by atoms with Gasteiger partial charge in [0.15, 0.2) is 5.82 Å². The molecule has 0 spiro atoms. The quantitative estimate of drug-likeness (QED) is 0.225. The Morgan fingerprint density at radius 2 is 1.64 bits per heavy atom. The Hall–Kier alpha value is -4.60. The fourth-order valence-corrected chi connectivity index (χ4v) is 4.91. The van der Waals surface area contributed by atoms with Crippen molar-refractivity contribution >= 4 is 23.1 Å². The lowest BCUT2D eigenvalue weighted by Crippen LogP contribution is -2.41. The molecule has 0 saturated carbocycles. The van der Waals surface area contributed by atoms with Crippen molar-refractivity contribution in [3.05, 3.63) is 107 Å². The molecule has 1 aliphatic heterocycles. The molecule has 10 heteroatoms. The molecular weight excluding hydrogens is 512 g/mol. The Bertz CT molecular complexity index is 1570. The normalized spacial score (nSPS) is 15.8. The van der Waals surface area contributed by atoms with Gasteiger partial charge in [0.2, 0.25) is 5.78 Å². The first-order valence-corrected chi connectivity index (χ1v) is 12.0. The number of halogens is 4. The number of Topliss-reactive ketones (excluding diaryl/α,β-unsaturated/α-hetero) is 1. The van der Waals surface area contributed by atoms with E-state index in [2.05, 4.69) is 20.6 Å². The summed E-state index contributed by atoms with van der Waals surface area (Å²) in [5.41, 5.74) is -0.0622. The molecular formula is C29H22F4N4O2. The number of carbonyl (C=O) groups excluding carboxylic acids is 2. The minimum atomic E-state index is -4.79. The number of nitrogens with zero attached hydrogens (tertiary/aromatic N) is 2. The van der Waals surface area contributed by atoms with Crippen molar-refractivity contribution in [2.24, 2.45) is 0 Å².